The van der Waals surface area contributed by atoms with Gasteiger partial charge in [0.15, 0.2) is 0 Å². The van der Waals surface area contributed by atoms with Crippen LogP contribution in [0.1, 0.15) is 38.8 Å². The van der Waals surface area contributed by atoms with E-state index in [2.05, 4.69) is 5.32 Å². The number of hydrogen-bond donors (Lipinski definition) is 1. The molecule has 2 rings (SSSR count). The third kappa shape index (κ3) is 6.92. The van der Waals surface area contributed by atoms with E-state index in [0.29, 0.717) is 15.8 Å². The van der Waals surface area contributed by atoms with Gasteiger partial charge in [-0.05, 0) is 63.1 Å². The average Bonchev–Trinajstić information content (AvgIpc) is 2.67. The highest BCUT2D eigenvalue weighted by Crippen LogP contribution is 2.24. The Morgan fingerprint density at radius 3 is 2.37 bits per heavy atom. The average molecular weight is 451 g/mol. The SMILES string of the molecule is COc1cccc(CN(C(=O)Cc2ccc(Cl)c(Cl)c2)[C@@H](C)C(=O)NC(C)(C)C)c1. The van der Waals surface area contributed by atoms with E-state index < -0.39 is 11.6 Å². The van der Waals surface area contributed by atoms with Gasteiger partial charge >= 0.3 is 0 Å². The summed E-state index contributed by atoms with van der Waals surface area (Å²) in [4.78, 5) is 27.6. The zero-order valence-electron chi connectivity index (χ0n) is 18.0. The Kier molecular flexibility index (Phi) is 8.16. The van der Waals surface area contributed by atoms with Crippen LogP contribution in [0.5, 0.6) is 5.75 Å². The van der Waals surface area contributed by atoms with Crippen molar-refractivity contribution in [3.05, 3.63) is 63.6 Å². The minimum atomic E-state index is -0.661. The number of methoxy groups -OCH3 is 1. The van der Waals surface area contributed by atoms with Gasteiger partial charge in [0.1, 0.15) is 11.8 Å². The summed E-state index contributed by atoms with van der Waals surface area (Å²) in [5.41, 5.74) is 1.19. The summed E-state index contributed by atoms with van der Waals surface area (Å²) >= 11 is 12.1. The fourth-order valence-corrected chi connectivity index (χ4v) is 3.27. The molecule has 0 fully saturated rings. The molecule has 0 saturated heterocycles. The molecular formula is C23H28Cl2N2O3. The number of ether oxygens (including phenoxy) is 1. The smallest absolute Gasteiger partial charge is 0.242 e. The van der Waals surface area contributed by atoms with Gasteiger partial charge in [0.05, 0.1) is 23.6 Å². The van der Waals surface area contributed by atoms with Gasteiger partial charge in [0, 0.05) is 12.1 Å². The van der Waals surface area contributed by atoms with E-state index in [9.17, 15) is 9.59 Å². The zero-order valence-corrected chi connectivity index (χ0v) is 19.5. The molecule has 0 aliphatic heterocycles. The maximum atomic E-state index is 13.2. The molecule has 2 amide bonds. The molecule has 30 heavy (non-hydrogen) atoms. The lowest BCUT2D eigenvalue weighted by atomic mass is 10.1. The minimum absolute atomic E-state index is 0.105. The lowest BCUT2D eigenvalue weighted by Crippen LogP contribution is -2.52. The predicted octanol–water partition coefficient (Wildman–Crippen LogP) is 4.88. The molecule has 0 aliphatic rings. The molecule has 1 N–H and O–H groups in total. The summed E-state index contributed by atoms with van der Waals surface area (Å²) < 4.78 is 5.28. The largest absolute Gasteiger partial charge is 0.497 e. The van der Waals surface area contributed by atoms with Crippen LogP contribution in [0.25, 0.3) is 0 Å². The summed E-state index contributed by atoms with van der Waals surface area (Å²) in [5.74, 6) is 0.289. The molecule has 2 aromatic rings. The first-order valence-electron chi connectivity index (χ1n) is 9.68. The molecule has 0 unspecified atom stereocenters. The molecule has 162 valence electrons. The van der Waals surface area contributed by atoms with E-state index >= 15 is 0 Å². The topological polar surface area (TPSA) is 58.6 Å². The highest BCUT2D eigenvalue weighted by molar-refractivity contribution is 6.42. The van der Waals surface area contributed by atoms with E-state index in [-0.39, 0.29) is 24.8 Å². The first-order valence-corrected chi connectivity index (χ1v) is 10.4. The Balaban J connectivity index is 2.29. The fourth-order valence-electron chi connectivity index (χ4n) is 2.95. The summed E-state index contributed by atoms with van der Waals surface area (Å²) in [6, 6.07) is 11.9. The van der Waals surface area contributed by atoms with Crippen molar-refractivity contribution < 1.29 is 14.3 Å². The monoisotopic (exact) mass is 450 g/mol. The Hall–Kier alpha value is -2.24. The standard InChI is InChI=1S/C23H28Cl2N2O3/c1-15(22(29)26-23(2,3)4)27(14-17-7-6-8-18(11-17)30-5)21(28)13-16-9-10-19(24)20(25)12-16/h6-12,15H,13-14H2,1-5H3,(H,26,29)/t15-/m0/s1. The van der Waals surface area contributed by atoms with E-state index in [1.165, 1.54) is 0 Å². The van der Waals surface area contributed by atoms with Crippen molar-refractivity contribution in [3.63, 3.8) is 0 Å². The maximum absolute atomic E-state index is 13.2. The summed E-state index contributed by atoms with van der Waals surface area (Å²) in [6.07, 6.45) is 0.105. The van der Waals surface area contributed by atoms with Crippen molar-refractivity contribution in [1.29, 1.82) is 0 Å². The van der Waals surface area contributed by atoms with E-state index in [1.54, 1.807) is 37.1 Å². The second-order valence-corrected chi connectivity index (χ2v) is 9.03. The molecule has 0 saturated carbocycles. The number of amides is 2. The second kappa shape index (κ2) is 10.2. The normalized spacial score (nSPS) is 12.2. The molecule has 5 nitrogen and oxygen atoms in total. The zero-order chi connectivity index (χ0) is 22.5. The highest BCUT2D eigenvalue weighted by Gasteiger charge is 2.28. The predicted molar refractivity (Wildman–Crippen MR) is 121 cm³/mol. The summed E-state index contributed by atoms with van der Waals surface area (Å²) in [5, 5.41) is 3.77. The Bertz CT molecular complexity index is 910. The third-order valence-electron chi connectivity index (χ3n) is 4.49. The number of carbonyl (C=O) groups excluding carboxylic acids is 2. The quantitative estimate of drug-likeness (QED) is 0.653. The number of carbonyl (C=O) groups is 2. The Morgan fingerprint density at radius 2 is 1.77 bits per heavy atom. The van der Waals surface area contributed by atoms with Gasteiger partial charge in [-0.1, -0.05) is 41.4 Å². The van der Waals surface area contributed by atoms with Gasteiger partial charge in [-0.2, -0.15) is 0 Å². The van der Waals surface area contributed by atoms with Crippen LogP contribution in [0.4, 0.5) is 0 Å². The minimum Gasteiger partial charge on any atom is -0.497 e. The summed E-state index contributed by atoms with van der Waals surface area (Å²) in [7, 11) is 1.59. The van der Waals surface area contributed by atoms with Crippen molar-refractivity contribution in [2.45, 2.75) is 52.2 Å². The maximum Gasteiger partial charge on any atom is 0.242 e. The van der Waals surface area contributed by atoms with Gasteiger partial charge in [0.25, 0.3) is 0 Å². The number of halogens is 2. The van der Waals surface area contributed by atoms with Gasteiger partial charge < -0.3 is 15.0 Å². The number of nitrogens with one attached hydrogen (secondary N) is 1. The lowest BCUT2D eigenvalue weighted by Gasteiger charge is -2.31. The molecule has 0 spiro atoms. The van der Waals surface area contributed by atoms with Gasteiger partial charge in [0.2, 0.25) is 11.8 Å². The molecule has 2 aromatic carbocycles. The van der Waals surface area contributed by atoms with Crippen molar-refractivity contribution in [2.24, 2.45) is 0 Å². The van der Waals surface area contributed by atoms with Crippen LogP contribution >= 0.6 is 23.2 Å². The van der Waals surface area contributed by atoms with Crippen molar-refractivity contribution in [1.82, 2.24) is 10.2 Å². The highest BCUT2D eigenvalue weighted by atomic mass is 35.5. The Morgan fingerprint density at radius 1 is 1.07 bits per heavy atom. The lowest BCUT2D eigenvalue weighted by molar-refractivity contribution is -0.140. The van der Waals surface area contributed by atoms with Gasteiger partial charge in [-0.25, -0.2) is 0 Å². The van der Waals surface area contributed by atoms with E-state index in [0.717, 1.165) is 11.1 Å². The third-order valence-corrected chi connectivity index (χ3v) is 5.23. The first-order chi connectivity index (χ1) is 14.0. The fraction of sp³-hybridized carbons (Fsp3) is 0.391. The van der Waals surface area contributed by atoms with Crippen LogP contribution in [0.2, 0.25) is 10.0 Å². The van der Waals surface area contributed by atoms with Gasteiger partial charge in [-0.15, -0.1) is 0 Å². The number of benzene rings is 2. The second-order valence-electron chi connectivity index (χ2n) is 8.21. The molecule has 1 atom stereocenters. The van der Waals surface area contributed by atoms with Crippen LogP contribution in [0.15, 0.2) is 42.5 Å². The van der Waals surface area contributed by atoms with Crippen LogP contribution in [-0.2, 0) is 22.6 Å². The summed E-state index contributed by atoms with van der Waals surface area (Å²) in [6.45, 7) is 7.72. The van der Waals surface area contributed by atoms with Crippen LogP contribution < -0.4 is 10.1 Å². The molecule has 0 heterocycles. The van der Waals surface area contributed by atoms with E-state index in [4.69, 9.17) is 27.9 Å². The van der Waals surface area contributed by atoms with E-state index in [1.807, 2.05) is 45.0 Å². The Labute approximate surface area is 188 Å². The number of hydrogen-bond acceptors (Lipinski definition) is 3. The van der Waals surface area contributed by atoms with Crippen LogP contribution in [0.3, 0.4) is 0 Å². The van der Waals surface area contributed by atoms with Crippen molar-refractivity contribution in [2.75, 3.05) is 7.11 Å². The molecule has 0 radical (unpaired) electrons. The van der Waals surface area contributed by atoms with Gasteiger partial charge in [-0.3, -0.25) is 9.59 Å². The van der Waals surface area contributed by atoms with Crippen molar-refractivity contribution in [3.8, 4) is 5.75 Å². The first kappa shape index (κ1) is 24.0. The van der Waals surface area contributed by atoms with Crippen molar-refractivity contribution >= 4 is 35.0 Å². The number of rotatable bonds is 7. The van der Waals surface area contributed by atoms with Crippen LogP contribution in [0, 0.1) is 0 Å². The number of nitrogens with zero attached hydrogens (tertiary/aromatic N) is 1. The molecule has 0 aliphatic carbocycles. The van der Waals surface area contributed by atoms with Crippen LogP contribution in [-0.4, -0.2) is 35.4 Å². The molecular weight excluding hydrogens is 423 g/mol. The molecule has 0 bridgehead atoms. The molecule has 0 aromatic heterocycles. The molecule has 7 heteroatoms.